The number of aliphatic hydroxyl groups excluding tert-OH is 1. The lowest BCUT2D eigenvalue weighted by Gasteiger charge is -2.33. The second-order valence-corrected chi connectivity index (χ2v) is 4.21. The summed E-state index contributed by atoms with van der Waals surface area (Å²) in [6.07, 6.45) is 0. The predicted molar refractivity (Wildman–Crippen MR) is 67.1 cm³/mol. The number of fused-ring (bicyclic) bond motifs is 1. The third kappa shape index (κ3) is 2.19. The lowest BCUT2D eigenvalue weighted by Crippen LogP contribution is -2.45. The molecule has 0 spiro atoms. The number of nitrogens with zero attached hydrogens (tertiary/aromatic N) is 1. The highest BCUT2D eigenvalue weighted by Gasteiger charge is 2.26. The lowest BCUT2D eigenvalue weighted by molar-refractivity contribution is 0.144. The number of rotatable bonds is 3. The molecule has 0 saturated carbocycles. The van der Waals surface area contributed by atoms with Crippen LogP contribution in [0, 0.1) is 0 Å². The van der Waals surface area contributed by atoms with Crippen molar-refractivity contribution in [2.24, 2.45) is 0 Å². The van der Waals surface area contributed by atoms with Crippen LogP contribution in [0.4, 0.5) is 16.2 Å². The van der Waals surface area contributed by atoms with Crippen LogP contribution in [0.2, 0.25) is 0 Å². The molecule has 17 heavy (non-hydrogen) atoms. The number of hydrogen-bond acceptors (Lipinski definition) is 3. The van der Waals surface area contributed by atoms with Gasteiger partial charge < -0.3 is 20.6 Å². The van der Waals surface area contributed by atoms with E-state index in [9.17, 15) is 4.79 Å². The molecular weight excluding hydrogens is 218 g/mol. The largest absolute Gasteiger partial charge is 0.394 e. The van der Waals surface area contributed by atoms with Crippen LogP contribution in [0.15, 0.2) is 18.2 Å². The van der Waals surface area contributed by atoms with Crippen LogP contribution in [0.5, 0.6) is 0 Å². The van der Waals surface area contributed by atoms with Gasteiger partial charge in [0.15, 0.2) is 0 Å². The number of carbonyl (C=O) groups excluding carboxylic acids is 1. The molecule has 1 aliphatic heterocycles. The fourth-order valence-electron chi connectivity index (χ4n) is 1.88. The SMILES string of the molecule is CNc1ccc2c(c1)NC(=O)N([C@H](C)CO)C2. The molecule has 2 amide bonds. The van der Waals surface area contributed by atoms with Crippen LogP contribution >= 0.6 is 0 Å². The van der Waals surface area contributed by atoms with Crippen molar-refractivity contribution in [1.29, 1.82) is 0 Å². The molecule has 5 heteroatoms. The van der Waals surface area contributed by atoms with E-state index in [2.05, 4.69) is 10.6 Å². The topological polar surface area (TPSA) is 64.6 Å². The summed E-state index contributed by atoms with van der Waals surface area (Å²) in [7, 11) is 1.84. The quantitative estimate of drug-likeness (QED) is 0.743. The number of carbonyl (C=O) groups is 1. The predicted octanol–water partition coefficient (Wildman–Crippen LogP) is 1.46. The maximum absolute atomic E-state index is 11.8. The highest BCUT2D eigenvalue weighted by Crippen LogP contribution is 2.27. The molecule has 1 aromatic carbocycles. The van der Waals surface area contributed by atoms with E-state index in [-0.39, 0.29) is 18.7 Å². The van der Waals surface area contributed by atoms with Crippen LogP contribution in [0.3, 0.4) is 0 Å². The smallest absolute Gasteiger partial charge is 0.322 e. The number of hydrogen-bond donors (Lipinski definition) is 3. The average Bonchev–Trinajstić information content (AvgIpc) is 2.36. The summed E-state index contributed by atoms with van der Waals surface area (Å²) in [4.78, 5) is 13.5. The molecule has 2 rings (SSSR count). The van der Waals surface area contributed by atoms with Crippen LogP contribution in [0.25, 0.3) is 0 Å². The molecule has 0 radical (unpaired) electrons. The first kappa shape index (κ1) is 11.7. The van der Waals surface area contributed by atoms with Crippen molar-refractivity contribution in [3.8, 4) is 0 Å². The first-order chi connectivity index (χ1) is 8.15. The van der Waals surface area contributed by atoms with Gasteiger partial charge in [-0.2, -0.15) is 0 Å². The van der Waals surface area contributed by atoms with Gasteiger partial charge in [-0.25, -0.2) is 4.79 Å². The van der Waals surface area contributed by atoms with E-state index < -0.39 is 0 Å². The van der Waals surface area contributed by atoms with Crippen molar-refractivity contribution in [2.75, 3.05) is 24.3 Å². The molecule has 0 unspecified atom stereocenters. The minimum atomic E-state index is -0.174. The molecule has 0 saturated heterocycles. The van der Waals surface area contributed by atoms with Gasteiger partial charge >= 0.3 is 6.03 Å². The maximum Gasteiger partial charge on any atom is 0.322 e. The normalized spacial score (nSPS) is 16.2. The zero-order chi connectivity index (χ0) is 12.4. The minimum absolute atomic E-state index is 0.0304. The Balaban J connectivity index is 2.27. The molecule has 1 aromatic rings. The summed E-state index contributed by atoms with van der Waals surface area (Å²) >= 11 is 0. The second-order valence-electron chi connectivity index (χ2n) is 4.21. The zero-order valence-electron chi connectivity index (χ0n) is 10.0. The van der Waals surface area contributed by atoms with E-state index in [1.807, 2.05) is 32.2 Å². The van der Waals surface area contributed by atoms with Gasteiger partial charge in [0.05, 0.1) is 12.6 Å². The van der Waals surface area contributed by atoms with Crippen molar-refractivity contribution >= 4 is 17.4 Å². The Bertz CT molecular complexity index is 434. The van der Waals surface area contributed by atoms with E-state index in [0.717, 1.165) is 16.9 Å². The van der Waals surface area contributed by atoms with E-state index in [4.69, 9.17) is 5.11 Å². The van der Waals surface area contributed by atoms with Crippen molar-refractivity contribution < 1.29 is 9.90 Å². The Labute approximate surface area is 100 Å². The summed E-state index contributed by atoms with van der Waals surface area (Å²) in [5.41, 5.74) is 2.86. The summed E-state index contributed by atoms with van der Waals surface area (Å²) < 4.78 is 0. The third-order valence-electron chi connectivity index (χ3n) is 3.04. The third-order valence-corrected chi connectivity index (χ3v) is 3.04. The Hall–Kier alpha value is -1.75. The molecule has 92 valence electrons. The van der Waals surface area contributed by atoms with E-state index >= 15 is 0 Å². The Kier molecular flexibility index (Phi) is 3.19. The van der Waals surface area contributed by atoms with Crippen LogP contribution < -0.4 is 10.6 Å². The van der Waals surface area contributed by atoms with Crippen molar-refractivity contribution in [2.45, 2.75) is 19.5 Å². The maximum atomic E-state index is 11.8. The summed E-state index contributed by atoms with van der Waals surface area (Å²) in [6, 6.07) is 5.53. The number of nitrogens with one attached hydrogen (secondary N) is 2. The molecule has 0 aromatic heterocycles. The van der Waals surface area contributed by atoms with Crippen molar-refractivity contribution in [3.05, 3.63) is 23.8 Å². The van der Waals surface area contributed by atoms with E-state index in [1.54, 1.807) is 4.90 Å². The van der Waals surface area contributed by atoms with Gasteiger partial charge in [-0.3, -0.25) is 0 Å². The number of benzene rings is 1. The van der Waals surface area contributed by atoms with Gasteiger partial charge in [0.1, 0.15) is 0 Å². The molecule has 1 atom stereocenters. The van der Waals surface area contributed by atoms with Crippen molar-refractivity contribution in [1.82, 2.24) is 4.90 Å². The number of amides is 2. The molecular formula is C12H17N3O2. The van der Waals surface area contributed by atoms with Gasteiger partial charge in [-0.05, 0) is 24.6 Å². The average molecular weight is 235 g/mol. The monoisotopic (exact) mass is 235 g/mol. The minimum Gasteiger partial charge on any atom is -0.394 e. The number of urea groups is 1. The molecule has 1 aliphatic rings. The summed E-state index contributed by atoms with van der Waals surface area (Å²) in [6.45, 7) is 2.33. The van der Waals surface area contributed by atoms with Gasteiger partial charge in [-0.1, -0.05) is 6.07 Å². The number of aliphatic hydroxyl groups is 1. The Morgan fingerprint density at radius 3 is 3.00 bits per heavy atom. The van der Waals surface area contributed by atoms with Gasteiger partial charge in [0.25, 0.3) is 0 Å². The van der Waals surface area contributed by atoms with Gasteiger partial charge in [-0.15, -0.1) is 0 Å². The van der Waals surface area contributed by atoms with Gasteiger partial charge in [0.2, 0.25) is 0 Å². The zero-order valence-corrected chi connectivity index (χ0v) is 10.0. The second kappa shape index (κ2) is 4.63. The Morgan fingerprint density at radius 1 is 1.59 bits per heavy atom. The van der Waals surface area contributed by atoms with E-state index in [0.29, 0.717) is 6.54 Å². The van der Waals surface area contributed by atoms with Crippen LogP contribution in [-0.2, 0) is 6.54 Å². The lowest BCUT2D eigenvalue weighted by atomic mass is 10.1. The van der Waals surface area contributed by atoms with Crippen LogP contribution in [0.1, 0.15) is 12.5 Å². The highest BCUT2D eigenvalue weighted by molar-refractivity contribution is 5.93. The molecule has 0 bridgehead atoms. The number of anilines is 2. The molecule has 1 heterocycles. The van der Waals surface area contributed by atoms with Gasteiger partial charge in [0, 0.05) is 25.0 Å². The van der Waals surface area contributed by atoms with Crippen LogP contribution in [-0.4, -0.2) is 35.7 Å². The highest BCUT2D eigenvalue weighted by atomic mass is 16.3. The fraction of sp³-hybridized carbons (Fsp3) is 0.417. The molecule has 5 nitrogen and oxygen atoms in total. The van der Waals surface area contributed by atoms with Crippen molar-refractivity contribution in [3.63, 3.8) is 0 Å². The summed E-state index contributed by atoms with van der Waals surface area (Å²) in [5, 5.41) is 15.0. The first-order valence-corrected chi connectivity index (χ1v) is 5.65. The summed E-state index contributed by atoms with van der Waals surface area (Å²) in [5.74, 6) is 0. The fourth-order valence-corrected chi connectivity index (χ4v) is 1.88. The standard InChI is InChI=1S/C12H17N3O2/c1-8(7-16)15-6-9-3-4-10(13-2)5-11(9)14-12(15)17/h3-5,8,13,16H,6-7H2,1-2H3,(H,14,17)/t8-/m1/s1. The Morgan fingerprint density at radius 2 is 2.35 bits per heavy atom. The molecule has 3 N–H and O–H groups in total. The molecule has 0 aliphatic carbocycles. The first-order valence-electron chi connectivity index (χ1n) is 5.65. The molecule has 0 fully saturated rings. The van der Waals surface area contributed by atoms with E-state index in [1.165, 1.54) is 0 Å².